The summed E-state index contributed by atoms with van der Waals surface area (Å²) in [6.07, 6.45) is 26.7. The van der Waals surface area contributed by atoms with Gasteiger partial charge in [0.1, 0.15) is 0 Å². The molecule has 3 aromatic carbocycles. The number of nitrogens with one attached hydrogen (secondary N) is 1. The molecule has 1 heteroatoms. The number of anilines is 2. The SMILES string of the molecule is C1=CC(c2cccc(Nc3ccccc3-c3ccccc3)c2)CC(C2=CC3=C(C=CC4C=CC=CC34)CC2)=C1. The highest BCUT2D eigenvalue weighted by atomic mass is 14.9. The molecule has 190 valence electrons. The maximum Gasteiger partial charge on any atom is 0.0463 e. The lowest BCUT2D eigenvalue weighted by Gasteiger charge is -2.32. The molecule has 1 nitrogen and oxygen atoms in total. The van der Waals surface area contributed by atoms with Crippen LogP contribution in [0.1, 0.15) is 30.7 Å². The van der Waals surface area contributed by atoms with Crippen molar-refractivity contribution in [1.82, 2.24) is 0 Å². The van der Waals surface area contributed by atoms with Crippen LogP contribution in [0.15, 0.2) is 162 Å². The predicted octanol–water partition coefficient (Wildman–Crippen LogP) is 10.0. The molecule has 3 unspecified atom stereocenters. The maximum atomic E-state index is 3.71. The Morgan fingerprint density at radius 3 is 2.51 bits per heavy atom. The lowest BCUT2D eigenvalue weighted by atomic mass is 9.72. The van der Waals surface area contributed by atoms with E-state index in [4.69, 9.17) is 0 Å². The highest BCUT2D eigenvalue weighted by Gasteiger charge is 2.28. The first kappa shape index (κ1) is 23.7. The molecule has 3 atom stereocenters. The fourth-order valence-electron chi connectivity index (χ4n) is 6.47. The van der Waals surface area contributed by atoms with Crippen LogP contribution in [-0.4, -0.2) is 0 Å². The molecule has 0 radical (unpaired) electrons. The Balaban J connectivity index is 1.11. The van der Waals surface area contributed by atoms with Crippen LogP contribution in [0, 0.1) is 11.8 Å². The van der Waals surface area contributed by atoms with Gasteiger partial charge < -0.3 is 5.32 Å². The molecule has 0 heterocycles. The van der Waals surface area contributed by atoms with E-state index in [1.165, 1.54) is 39.0 Å². The van der Waals surface area contributed by atoms with E-state index in [0.717, 1.165) is 30.6 Å². The van der Waals surface area contributed by atoms with Crippen LogP contribution in [0.3, 0.4) is 0 Å². The Hall–Kier alpha value is -4.36. The Bertz CT molecular complexity index is 1610. The van der Waals surface area contributed by atoms with Gasteiger partial charge in [-0.25, -0.2) is 0 Å². The van der Waals surface area contributed by atoms with Gasteiger partial charge in [-0.3, -0.25) is 0 Å². The first-order valence-corrected chi connectivity index (χ1v) is 14.2. The van der Waals surface area contributed by atoms with Gasteiger partial charge in [0.15, 0.2) is 0 Å². The van der Waals surface area contributed by atoms with E-state index in [2.05, 4.69) is 145 Å². The zero-order valence-corrected chi connectivity index (χ0v) is 22.1. The highest BCUT2D eigenvalue weighted by molar-refractivity contribution is 5.81. The van der Waals surface area contributed by atoms with Gasteiger partial charge in [0.2, 0.25) is 0 Å². The molecule has 0 saturated carbocycles. The minimum atomic E-state index is 0.379. The topological polar surface area (TPSA) is 12.0 Å². The number of hydrogen-bond donors (Lipinski definition) is 1. The first-order valence-electron chi connectivity index (χ1n) is 14.2. The van der Waals surface area contributed by atoms with Gasteiger partial charge in [-0.1, -0.05) is 121 Å². The molecule has 0 spiro atoms. The highest BCUT2D eigenvalue weighted by Crippen LogP contribution is 2.43. The minimum Gasteiger partial charge on any atom is -0.355 e. The van der Waals surface area contributed by atoms with Crippen LogP contribution in [0.25, 0.3) is 11.1 Å². The fourth-order valence-corrected chi connectivity index (χ4v) is 6.47. The zero-order valence-electron chi connectivity index (χ0n) is 22.1. The van der Waals surface area contributed by atoms with E-state index in [1.54, 1.807) is 0 Å². The largest absolute Gasteiger partial charge is 0.355 e. The molecule has 39 heavy (non-hydrogen) atoms. The first-order chi connectivity index (χ1) is 19.3. The Kier molecular flexibility index (Phi) is 6.34. The van der Waals surface area contributed by atoms with Crippen molar-refractivity contribution >= 4 is 11.4 Å². The molecule has 3 aromatic rings. The second kappa shape index (κ2) is 10.4. The summed E-state index contributed by atoms with van der Waals surface area (Å²) in [5.41, 5.74) is 12.1. The smallest absolute Gasteiger partial charge is 0.0463 e. The maximum absolute atomic E-state index is 3.71. The second-order valence-electron chi connectivity index (χ2n) is 10.9. The van der Waals surface area contributed by atoms with Crippen molar-refractivity contribution < 1.29 is 0 Å². The summed E-state index contributed by atoms with van der Waals surface area (Å²) in [4.78, 5) is 0. The standard InChI is InChI=1S/C38H33N/c1-2-10-27(11-3-1)36-18-6-7-19-38(36)39-34-16-9-15-32(25-34)30-13-8-14-31(24-30)33-23-22-29-21-20-28-12-4-5-17-35(28)37(29)26-33/h1-21,25-26,28,30,35,39H,22-24H2. The van der Waals surface area contributed by atoms with Gasteiger partial charge in [-0.2, -0.15) is 0 Å². The molecular weight excluding hydrogens is 470 g/mol. The van der Waals surface area contributed by atoms with E-state index < -0.39 is 0 Å². The van der Waals surface area contributed by atoms with Crippen molar-refractivity contribution in [2.24, 2.45) is 11.8 Å². The fraction of sp³-hybridized carbons (Fsp3) is 0.158. The van der Waals surface area contributed by atoms with E-state index in [1.807, 2.05) is 0 Å². The summed E-state index contributed by atoms with van der Waals surface area (Å²) < 4.78 is 0. The van der Waals surface area contributed by atoms with E-state index in [-0.39, 0.29) is 0 Å². The molecule has 0 saturated heterocycles. The lowest BCUT2D eigenvalue weighted by Crippen LogP contribution is -2.19. The molecule has 0 bridgehead atoms. The average Bonchev–Trinajstić information content (AvgIpc) is 3.02. The van der Waals surface area contributed by atoms with Crippen molar-refractivity contribution in [3.8, 4) is 11.1 Å². The molecule has 0 fully saturated rings. The molecule has 1 N–H and O–H groups in total. The minimum absolute atomic E-state index is 0.379. The van der Waals surface area contributed by atoms with Gasteiger partial charge in [0.05, 0.1) is 0 Å². The van der Waals surface area contributed by atoms with Gasteiger partial charge in [-0.05, 0) is 70.9 Å². The van der Waals surface area contributed by atoms with Crippen LogP contribution < -0.4 is 5.32 Å². The Labute approximate surface area is 232 Å². The second-order valence-corrected chi connectivity index (χ2v) is 10.9. The van der Waals surface area contributed by atoms with E-state index >= 15 is 0 Å². The molecule has 4 aliphatic carbocycles. The number of hydrogen-bond acceptors (Lipinski definition) is 1. The molecule has 7 rings (SSSR count). The van der Waals surface area contributed by atoms with Crippen LogP contribution in [-0.2, 0) is 0 Å². The summed E-state index contributed by atoms with van der Waals surface area (Å²) in [5, 5.41) is 3.71. The van der Waals surface area contributed by atoms with Crippen LogP contribution in [0.5, 0.6) is 0 Å². The van der Waals surface area contributed by atoms with Crippen molar-refractivity contribution in [2.75, 3.05) is 5.32 Å². The quantitative estimate of drug-likeness (QED) is 0.365. The van der Waals surface area contributed by atoms with Crippen LogP contribution >= 0.6 is 0 Å². The summed E-state index contributed by atoms with van der Waals surface area (Å²) in [7, 11) is 0. The summed E-state index contributed by atoms with van der Waals surface area (Å²) >= 11 is 0. The van der Waals surface area contributed by atoms with Crippen LogP contribution in [0.2, 0.25) is 0 Å². The lowest BCUT2D eigenvalue weighted by molar-refractivity contribution is 0.616. The summed E-state index contributed by atoms with van der Waals surface area (Å²) in [5.74, 6) is 1.37. The van der Waals surface area contributed by atoms with E-state index in [0.29, 0.717) is 17.8 Å². The predicted molar refractivity (Wildman–Crippen MR) is 165 cm³/mol. The van der Waals surface area contributed by atoms with Gasteiger partial charge in [0, 0.05) is 34.7 Å². The average molecular weight is 504 g/mol. The van der Waals surface area contributed by atoms with Crippen molar-refractivity contribution in [3.05, 3.63) is 167 Å². The zero-order chi connectivity index (χ0) is 26.0. The number of benzene rings is 3. The summed E-state index contributed by atoms with van der Waals surface area (Å²) in [6, 6.07) is 28.1. The number of rotatable bonds is 5. The Morgan fingerprint density at radius 1 is 0.692 bits per heavy atom. The number of allylic oxidation sites excluding steroid dienone is 14. The van der Waals surface area contributed by atoms with Crippen molar-refractivity contribution in [1.29, 1.82) is 0 Å². The van der Waals surface area contributed by atoms with Gasteiger partial charge >= 0.3 is 0 Å². The third kappa shape index (κ3) is 4.81. The van der Waals surface area contributed by atoms with Crippen molar-refractivity contribution in [3.63, 3.8) is 0 Å². The number of para-hydroxylation sites is 1. The number of fused-ring (bicyclic) bond motifs is 2. The third-order valence-corrected chi connectivity index (χ3v) is 8.52. The van der Waals surface area contributed by atoms with E-state index in [9.17, 15) is 0 Å². The normalized spacial score (nSPS) is 23.1. The van der Waals surface area contributed by atoms with Crippen LogP contribution in [0.4, 0.5) is 11.4 Å². The van der Waals surface area contributed by atoms with Gasteiger partial charge in [0.25, 0.3) is 0 Å². The monoisotopic (exact) mass is 503 g/mol. The summed E-state index contributed by atoms with van der Waals surface area (Å²) in [6.45, 7) is 0. The van der Waals surface area contributed by atoms with Crippen molar-refractivity contribution in [2.45, 2.75) is 25.2 Å². The molecule has 0 aromatic heterocycles. The molecule has 0 aliphatic heterocycles. The molecule has 0 amide bonds. The molecule has 4 aliphatic rings. The third-order valence-electron chi connectivity index (χ3n) is 8.52. The Morgan fingerprint density at radius 2 is 1.56 bits per heavy atom. The van der Waals surface area contributed by atoms with Gasteiger partial charge in [-0.15, -0.1) is 0 Å². The molecular formula is C38H33N.